The van der Waals surface area contributed by atoms with E-state index in [-0.39, 0.29) is 6.42 Å². The van der Waals surface area contributed by atoms with Gasteiger partial charge >= 0.3 is 5.97 Å². The second kappa shape index (κ2) is 15.7. The van der Waals surface area contributed by atoms with Crippen LogP contribution in [-0.4, -0.2) is 22.8 Å². The highest BCUT2D eigenvalue weighted by Gasteiger charge is 1.92. The van der Waals surface area contributed by atoms with Crippen LogP contribution in [0.3, 0.4) is 0 Å². The van der Waals surface area contributed by atoms with Crippen molar-refractivity contribution in [3.05, 3.63) is 36.5 Å². The monoisotopic (exact) mass is 280 g/mol. The van der Waals surface area contributed by atoms with Gasteiger partial charge in [0, 0.05) is 13.0 Å². The summed E-state index contributed by atoms with van der Waals surface area (Å²) in [6.07, 6.45) is 20.7. The highest BCUT2D eigenvalue weighted by molar-refractivity contribution is 5.66. The van der Waals surface area contributed by atoms with E-state index in [0.29, 0.717) is 13.0 Å². The fourth-order valence-electron chi connectivity index (χ4n) is 1.72. The number of carboxylic acid groups (broad SMARTS) is 1. The first-order valence-electron chi connectivity index (χ1n) is 7.56. The molecule has 0 aromatic heterocycles. The first-order valence-corrected chi connectivity index (χ1v) is 7.56. The fourth-order valence-corrected chi connectivity index (χ4v) is 1.72. The second-order valence-electron chi connectivity index (χ2n) is 4.78. The van der Waals surface area contributed by atoms with Crippen molar-refractivity contribution in [2.24, 2.45) is 0 Å². The van der Waals surface area contributed by atoms with Gasteiger partial charge in [-0.1, -0.05) is 49.3 Å². The molecule has 0 bridgehead atoms. The molecule has 0 amide bonds. The van der Waals surface area contributed by atoms with Crippen molar-refractivity contribution in [3.8, 4) is 0 Å². The van der Waals surface area contributed by atoms with Gasteiger partial charge in [-0.15, -0.1) is 0 Å². The van der Waals surface area contributed by atoms with Gasteiger partial charge in [0.05, 0.1) is 0 Å². The minimum Gasteiger partial charge on any atom is -0.481 e. The molecule has 0 aliphatic rings. The molecule has 0 aromatic carbocycles. The van der Waals surface area contributed by atoms with Gasteiger partial charge in [0.15, 0.2) is 0 Å². The molecule has 0 saturated heterocycles. The Kier molecular flexibility index (Phi) is 14.6. The molecular weight excluding hydrogens is 252 g/mol. The summed E-state index contributed by atoms with van der Waals surface area (Å²) in [4.78, 5) is 10.3. The van der Waals surface area contributed by atoms with Crippen LogP contribution in [0.4, 0.5) is 0 Å². The van der Waals surface area contributed by atoms with Crippen LogP contribution in [0.5, 0.6) is 0 Å². The highest BCUT2D eigenvalue weighted by atomic mass is 16.4. The number of carboxylic acids is 1. The van der Waals surface area contributed by atoms with E-state index in [1.54, 1.807) is 0 Å². The first kappa shape index (κ1) is 18.7. The van der Waals surface area contributed by atoms with Gasteiger partial charge in [0.2, 0.25) is 0 Å². The maximum absolute atomic E-state index is 10.3. The lowest BCUT2D eigenvalue weighted by Gasteiger charge is -1.95. The quantitative estimate of drug-likeness (QED) is 0.301. The topological polar surface area (TPSA) is 57.5 Å². The molecule has 0 unspecified atom stereocenters. The number of allylic oxidation sites excluding steroid dienone is 6. The molecule has 0 aromatic rings. The van der Waals surface area contributed by atoms with Crippen molar-refractivity contribution in [1.29, 1.82) is 0 Å². The predicted octanol–water partition coefficient (Wildman–Crippen LogP) is 4.24. The summed E-state index contributed by atoms with van der Waals surface area (Å²) < 4.78 is 0. The van der Waals surface area contributed by atoms with E-state index in [2.05, 4.69) is 30.4 Å². The highest BCUT2D eigenvalue weighted by Crippen LogP contribution is 2.03. The summed E-state index contributed by atoms with van der Waals surface area (Å²) in [6.45, 7) is 0.308. The average molecular weight is 280 g/mol. The Balaban J connectivity index is 3.33. The van der Waals surface area contributed by atoms with Crippen LogP contribution in [0.15, 0.2) is 36.5 Å². The fraction of sp³-hybridized carbons (Fsp3) is 0.588. The van der Waals surface area contributed by atoms with Gasteiger partial charge in [-0.3, -0.25) is 4.79 Å². The minimum atomic E-state index is -0.722. The van der Waals surface area contributed by atoms with E-state index >= 15 is 0 Å². The second-order valence-corrected chi connectivity index (χ2v) is 4.78. The SMILES string of the molecule is O=C(O)CCC/C=C\C/C=C/C=C/CCCCCCO. The number of aliphatic carboxylic acids is 1. The van der Waals surface area contributed by atoms with Crippen LogP contribution in [0.1, 0.15) is 57.8 Å². The number of carbonyl (C=O) groups is 1. The first-order chi connectivity index (χ1) is 9.77. The van der Waals surface area contributed by atoms with Gasteiger partial charge in [-0.25, -0.2) is 0 Å². The Hall–Kier alpha value is -1.35. The van der Waals surface area contributed by atoms with Crippen LogP contribution in [0.2, 0.25) is 0 Å². The molecule has 0 radical (unpaired) electrons. The Labute approximate surface area is 122 Å². The number of unbranched alkanes of at least 4 members (excludes halogenated alkanes) is 5. The Morgan fingerprint density at radius 1 is 0.800 bits per heavy atom. The zero-order valence-electron chi connectivity index (χ0n) is 12.3. The third-order valence-corrected chi connectivity index (χ3v) is 2.86. The van der Waals surface area contributed by atoms with Crippen LogP contribution in [0, 0.1) is 0 Å². The van der Waals surface area contributed by atoms with Crippen LogP contribution in [-0.2, 0) is 4.79 Å². The van der Waals surface area contributed by atoms with Crippen molar-refractivity contribution < 1.29 is 15.0 Å². The molecule has 0 rings (SSSR count). The lowest BCUT2D eigenvalue weighted by molar-refractivity contribution is -0.137. The molecule has 3 nitrogen and oxygen atoms in total. The summed E-state index contributed by atoms with van der Waals surface area (Å²) in [5, 5.41) is 17.1. The third-order valence-electron chi connectivity index (χ3n) is 2.86. The molecule has 0 spiro atoms. The lowest BCUT2D eigenvalue weighted by Crippen LogP contribution is -1.92. The molecule has 114 valence electrons. The van der Waals surface area contributed by atoms with Crippen LogP contribution in [0.25, 0.3) is 0 Å². The number of aliphatic hydroxyl groups excluding tert-OH is 1. The van der Waals surface area contributed by atoms with Gasteiger partial charge in [0.1, 0.15) is 0 Å². The zero-order chi connectivity index (χ0) is 14.9. The summed E-state index contributed by atoms with van der Waals surface area (Å²) >= 11 is 0. The lowest BCUT2D eigenvalue weighted by atomic mass is 10.1. The van der Waals surface area contributed by atoms with E-state index in [0.717, 1.165) is 32.1 Å². The van der Waals surface area contributed by atoms with Crippen LogP contribution >= 0.6 is 0 Å². The number of hydrogen-bond donors (Lipinski definition) is 2. The molecule has 3 heteroatoms. The van der Waals surface area contributed by atoms with Crippen molar-refractivity contribution in [2.45, 2.75) is 57.8 Å². The summed E-state index contributed by atoms with van der Waals surface area (Å²) in [5.41, 5.74) is 0. The minimum absolute atomic E-state index is 0.251. The molecule has 20 heavy (non-hydrogen) atoms. The Morgan fingerprint density at radius 2 is 1.50 bits per heavy atom. The predicted molar refractivity (Wildman–Crippen MR) is 83.7 cm³/mol. The van der Waals surface area contributed by atoms with E-state index in [9.17, 15) is 4.79 Å². The largest absolute Gasteiger partial charge is 0.481 e. The van der Waals surface area contributed by atoms with E-state index in [1.165, 1.54) is 12.8 Å². The Morgan fingerprint density at radius 3 is 2.25 bits per heavy atom. The van der Waals surface area contributed by atoms with Crippen molar-refractivity contribution >= 4 is 5.97 Å². The maximum atomic E-state index is 10.3. The molecule has 0 heterocycles. The molecule has 0 aliphatic heterocycles. The van der Waals surface area contributed by atoms with Gasteiger partial charge < -0.3 is 10.2 Å². The number of rotatable bonds is 13. The van der Waals surface area contributed by atoms with E-state index in [1.807, 2.05) is 6.08 Å². The molecular formula is C17H28O3. The summed E-state index contributed by atoms with van der Waals surface area (Å²) in [6, 6.07) is 0. The van der Waals surface area contributed by atoms with Crippen molar-refractivity contribution in [1.82, 2.24) is 0 Å². The van der Waals surface area contributed by atoms with Crippen molar-refractivity contribution in [3.63, 3.8) is 0 Å². The smallest absolute Gasteiger partial charge is 0.303 e. The normalized spacial score (nSPS) is 12.1. The van der Waals surface area contributed by atoms with E-state index < -0.39 is 5.97 Å². The zero-order valence-corrected chi connectivity index (χ0v) is 12.3. The van der Waals surface area contributed by atoms with E-state index in [4.69, 9.17) is 10.2 Å². The molecule has 2 N–H and O–H groups in total. The summed E-state index contributed by atoms with van der Waals surface area (Å²) in [5.74, 6) is -0.722. The van der Waals surface area contributed by atoms with Gasteiger partial charge in [-0.05, 0) is 38.5 Å². The molecule has 0 atom stereocenters. The van der Waals surface area contributed by atoms with Gasteiger partial charge in [-0.2, -0.15) is 0 Å². The number of hydrogen-bond acceptors (Lipinski definition) is 2. The average Bonchev–Trinajstić information content (AvgIpc) is 2.43. The third kappa shape index (κ3) is 16.6. The summed E-state index contributed by atoms with van der Waals surface area (Å²) in [7, 11) is 0. The number of aliphatic hydroxyl groups is 1. The maximum Gasteiger partial charge on any atom is 0.303 e. The Bertz CT molecular complexity index is 303. The van der Waals surface area contributed by atoms with Crippen LogP contribution < -0.4 is 0 Å². The molecule has 0 saturated carbocycles. The molecule has 0 aliphatic carbocycles. The van der Waals surface area contributed by atoms with Crippen molar-refractivity contribution in [2.75, 3.05) is 6.61 Å². The van der Waals surface area contributed by atoms with Gasteiger partial charge in [0.25, 0.3) is 0 Å². The molecule has 0 fully saturated rings. The standard InChI is InChI=1S/C17H28O3/c18-16-14-12-10-8-6-4-2-1-3-5-7-9-11-13-15-17(19)20/h1-4,7,9,18H,5-6,8,10-16H2,(H,19,20)/b3-1+,4-2+,9-7-.